The lowest BCUT2D eigenvalue weighted by Crippen LogP contribution is -2.55. The maximum absolute atomic E-state index is 13.7. The highest BCUT2D eigenvalue weighted by Gasteiger charge is 2.35. The van der Waals surface area contributed by atoms with Gasteiger partial charge in [0.25, 0.3) is 0 Å². The number of aryl methyl sites for hydroxylation is 1. The molecular formula is C22H23FN6O5S. The van der Waals surface area contributed by atoms with Crippen LogP contribution in [0.5, 0.6) is 0 Å². The molecule has 1 amide bonds. The smallest absolute Gasteiger partial charge is 0.341 e. The molecular weight excluding hydrogens is 479 g/mol. The molecule has 0 aromatic carbocycles. The van der Waals surface area contributed by atoms with Gasteiger partial charge in [0.05, 0.1) is 29.3 Å². The molecule has 0 spiro atoms. The predicted molar refractivity (Wildman–Crippen MR) is 125 cm³/mol. The van der Waals surface area contributed by atoms with Crippen LogP contribution in [0.15, 0.2) is 17.2 Å². The molecule has 184 valence electrons. The molecule has 5 rings (SSSR count). The number of fused-ring (bicyclic) bond motifs is 1. The van der Waals surface area contributed by atoms with Crippen molar-refractivity contribution >= 4 is 40.2 Å². The first-order chi connectivity index (χ1) is 16.8. The Balaban J connectivity index is 1.40. The Kier molecular flexibility index (Phi) is 6.19. The third-order valence-corrected chi connectivity index (χ3v) is 7.02. The molecule has 0 radical (unpaired) electrons. The molecule has 2 aliphatic rings. The maximum Gasteiger partial charge on any atom is 0.341 e. The molecule has 3 aromatic rings. The van der Waals surface area contributed by atoms with Crippen molar-refractivity contribution in [2.45, 2.75) is 32.3 Å². The zero-order chi connectivity index (χ0) is 24.7. The number of hydrogen-bond donors (Lipinski definition) is 2. The zero-order valence-electron chi connectivity index (χ0n) is 18.9. The van der Waals surface area contributed by atoms with E-state index in [2.05, 4.69) is 20.3 Å². The van der Waals surface area contributed by atoms with E-state index in [1.54, 1.807) is 11.8 Å². The fraction of sp³-hybridized carbons (Fsp3) is 0.455. The van der Waals surface area contributed by atoms with Gasteiger partial charge in [-0.15, -0.1) is 0 Å². The second-order valence-corrected chi connectivity index (χ2v) is 9.60. The Morgan fingerprint density at radius 3 is 2.77 bits per heavy atom. The number of carboxylic acid groups (broad SMARTS) is 1. The number of carbonyl (C=O) groups is 2. The van der Waals surface area contributed by atoms with Crippen LogP contribution in [0.25, 0.3) is 16.2 Å². The first-order valence-corrected chi connectivity index (χ1v) is 12.1. The molecule has 2 saturated heterocycles. The van der Waals surface area contributed by atoms with E-state index in [9.17, 15) is 23.9 Å². The van der Waals surface area contributed by atoms with Crippen LogP contribution in [0.4, 0.5) is 10.3 Å². The molecule has 2 fully saturated rings. The molecule has 2 aliphatic heterocycles. The van der Waals surface area contributed by atoms with Gasteiger partial charge in [0.1, 0.15) is 5.56 Å². The van der Waals surface area contributed by atoms with Crippen LogP contribution < -0.4 is 15.6 Å². The molecule has 0 aliphatic carbocycles. The van der Waals surface area contributed by atoms with E-state index in [0.717, 1.165) is 38.3 Å². The summed E-state index contributed by atoms with van der Waals surface area (Å²) < 4.78 is 20.6. The van der Waals surface area contributed by atoms with Crippen molar-refractivity contribution < 1.29 is 23.8 Å². The standard InChI is InChI=1S/C22H23FN6O5S/c1-11-16-17(30)14(20(32)33)10-29(22-25-7-15(23)35-22)18(16)27-21(26-11)28-8-12(9-28)19(31)24-6-13-4-2-3-5-34-13/h7,10,12-13H,2-6,8-9H2,1H3,(H,24,31)(H,32,33)/t13-/m0/s1. The van der Waals surface area contributed by atoms with E-state index in [0.29, 0.717) is 36.9 Å². The lowest BCUT2D eigenvalue weighted by molar-refractivity contribution is -0.126. The van der Waals surface area contributed by atoms with Crippen LogP contribution in [0.3, 0.4) is 0 Å². The summed E-state index contributed by atoms with van der Waals surface area (Å²) in [6.07, 6.45) is 5.25. The predicted octanol–water partition coefficient (Wildman–Crippen LogP) is 1.50. The molecule has 35 heavy (non-hydrogen) atoms. The van der Waals surface area contributed by atoms with Gasteiger partial charge in [-0.2, -0.15) is 9.37 Å². The van der Waals surface area contributed by atoms with Crippen LogP contribution in [-0.2, 0) is 9.53 Å². The summed E-state index contributed by atoms with van der Waals surface area (Å²) in [5, 5.41) is 12.0. The van der Waals surface area contributed by atoms with Crippen LogP contribution in [0, 0.1) is 18.0 Å². The second-order valence-electron chi connectivity index (χ2n) is 8.64. The highest BCUT2D eigenvalue weighted by Crippen LogP contribution is 2.27. The zero-order valence-corrected chi connectivity index (χ0v) is 19.7. The SMILES string of the molecule is Cc1nc(N2CC(C(=O)NC[C@@H]3CCCCO3)C2)nc2c1c(=O)c(C(=O)O)cn2-c1ncc(F)s1. The summed E-state index contributed by atoms with van der Waals surface area (Å²) in [5.74, 6) is -1.42. The largest absolute Gasteiger partial charge is 0.477 e. The minimum Gasteiger partial charge on any atom is -0.477 e. The van der Waals surface area contributed by atoms with Crippen molar-refractivity contribution in [3.8, 4) is 5.13 Å². The minimum atomic E-state index is -1.42. The van der Waals surface area contributed by atoms with Crippen molar-refractivity contribution in [2.75, 3.05) is 31.1 Å². The van der Waals surface area contributed by atoms with Gasteiger partial charge >= 0.3 is 5.97 Å². The Bertz CT molecular complexity index is 1360. The number of amides is 1. The van der Waals surface area contributed by atoms with Crippen molar-refractivity contribution in [2.24, 2.45) is 5.92 Å². The molecule has 5 heterocycles. The monoisotopic (exact) mass is 502 g/mol. The van der Waals surface area contributed by atoms with Gasteiger partial charge in [-0.3, -0.25) is 14.2 Å². The Morgan fingerprint density at radius 1 is 1.31 bits per heavy atom. The third kappa shape index (κ3) is 4.48. The summed E-state index contributed by atoms with van der Waals surface area (Å²) in [6, 6.07) is 0. The number of aromatic carboxylic acids is 1. The summed E-state index contributed by atoms with van der Waals surface area (Å²) in [5.41, 5.74) is -0.809. The Labute approximate surface area is 202 Å². The van der Waals surface area contributed by atoms with Crippen molar-refractivity contribution in [3.05, 3.63) is 39.0 Å². The van der Waals surface area contributed by atoms with Crippen molar-refractivity contribution in [1.29, 1.82) is 0 Å². The molecule has 3 aromatic heterocycles. The maximum atomic E-state index is 13.7. The van der Waals surface area contributed by atoms with Crippen LogP contribution in [-0.4, -0.2) is 68.8 Å². The van der Waals surface area contributed by atoms with Crippen LogP contribution >= 0.6 is 11.3 Å². The number of halogens is 1. The lowest BCUT2D eigenvalue weighted by atomic mass is 9.99. The van der Waals surface area contributed by atoms with E-state index >= 15 is 0 Å². The number of nitrogens with one attached hydrogen (secondary N) is 1. The topological polar surface area (TPSA) is 140 Å². The number of anilines is 1. The number of carboxylic acids is 1. The Morgan fingerprint density at radius 2 is 2.11 bits per heavy atom. The fourth-order valence-electron chi connectivity index (χ4n) is 4.30. The number of rotatable bonds is 6. The quantitative estimate of drug-likeness (QED) is 0.513. The third-order valence-electron chi connectivity index (χ3n) is 6.23. The van der Waals surface area contributed by atoms with Gasteiger partial charge in [-0.1, -0.05) is 11.3 Å². The number of thiazole rings is 1. The van der Waals surface area contributed by atoms with Gasteiger partial charge in [0, 0.05) is 32.4 Å². The molecule has 2 N–H and O–H groups in total. The number of nitrogens with zero attached hydrogens (tertiary/aromatic N) is 5. The average Bonchev–Trinajstić information content (AvgIpc) is 3.23. The van der Waals surface area contributed by atoms with Gasteiger partial charge in [-0.25, -0.2) is 14.8 Å². The summed E-state index contributed by atoms with van der Waals surface area (Å²) in [4.78, 5) is 51.7. The number of hydrogen-bond acceptors (Lipinski definition) is 9. The van der Waals surface area contributed by atoms with E-state index in [1.165, 1.54) is 4.57 Å². The van der Waals surface area contributed by atoms with Gasteiger partial charge < -0.3 is 20.1 Å². The lowest BCUT2D eigenvalue weighted by Gasteiger charge is -2.38. The van der Waals surface area contributed by atoms with Gasteiger partial charge in [0.2, 0.25) is 17.3 Å². The number of ether oxygens (including phenoxy) is 1. The van der Waals surface area contributed by atoms with Crippen molar-refractivity contribution in [1.82, 2.24) is 24.8 Å². The van der Waals surface area contributed by atoms with Crippen LogP contribution in [0.2, 0.25) is 0 Å². The number of aromatic nitrogens is 4. The first kappa shape index (κ1) is 23.3. The molecule has 0 saturated carbocycles. The molecule has 13 heteroatoms. The minimum absolute atomic E-state index is 0.0200. The summed E-state index contributed by atoms with van der Waals surface area (Å²) in [7, 11) is 0. The number of carbonyl (C=O) groups excluding carboxylic acids is 1. The number of pyridine rings is 1. The van der Waals surface area contributed by atoms with E-state index in [-0.39, 0.29) is 39.8 Å². The summed E-state index contributed by atoms with van der Waals surface area (Å²) >= 11 is 0.696. The Hall–Kier alpha value is -3.45. The van der Waals surface area contributed by atoms with E-state index < -0.39 is 22.1 Å². The highest BCUT2D eigenvalue weighted by molar-refractivity contribution is 7.12. The van der Waals surface area contributed by atoms with Gasteiger partial charge in [0.15, 0.2) is 15.9 Å². The highest BCUT2D eigenvalue weighted by atomic mass is 32.1. The fourth-order valence-corrected chi connectivity index (χ4v) is 4.92. The molecule has 1 atom stereocenters. The molecule has 0 unspecified atom stereocenters. The molecule has 11 nitrogen and oxygen atoms in total. The average molecular weight is 503 g/mol. The van der Waals surface area contributed by atoms with Crippen molar-refractivity contribution in [3.63, 3.8) is 0 Å². The molecule has 0 bridgehead atoms. The second kappa shape index (κ2) is 9.30. The first-order valence-electron chi connectivity index (χ1n) is 11.2. The summed E-state index contributed by atoms with van der Waals surface area (Å²) in [6.45, 7) is 3.59. The normalized spacial score (nSPS) is 18.5. The van der Waals surface area contributed by atoms with E-state index in [1.807, 2.05) is 0 Å². The van der Waals surface area contributed by atoms with E-state index in [4.69, 9.17) is 4.74 Å². The van der Waals surface area contributed by atoms with Gasteiger partial charge in [-0.05, 0) is 26.2 Å². The van der Waals surface area contributed by atoms with Crippen LogP contribution in [0.1, 0.15) is 35.3 Å².